The predicted molar refractivity (Wildman–Crippen MR) is 113 cm³/mol. The molecule has 0 aliphatic rings. The quantitative estimate of drug-likeness (QED) is 0.615. The van der Waals surface area contributed by atoms with E-state index in [1.54, 1.807) is 12.3 Å². The molecule has 6 nitrogen and oxygen atoms in total. The number of anilines is 2. The molecule has 1 heterocycles. The molecule has 0 aliphatic carbocycles. The van der Waals surface area contributed by atoms with Crippen molar-refractivity contribution in [1.29, 1.82) is 0 Å². The van der Waals surface area contributed by atoms with E-state index >= 15 is 0 Å². The van der Waals surface area contributed by atoms with Gasteiger partial charge in [-0.1, -0.05) is 36.0 Å². The zero-order valence-electron chi connectivity index (χ0n) is 16.0. The van der Waals surface area contributed by atoms with Gasteiger partial charge in [0.1, 0.15) is 0 Å². The lowest BCUT2D eigenvalue weighted by Gasteiger charge is -2.11. The fraction of sp³-hybridized carbons (Fsp3) is 0.190. The topological polar surface area (TPSA) is 76.0 Å². The summed E-state index contributed by atoms with van der Waals surface area (Å²) in [5.41, 5.74) is 4.44. The first-order chi connectivity index (χ1) is 13.4. The number of para-hydroxylation sites is 1. The number of thioether (sulfide) groups is 1. The zero-order chi connectivity index (χ0) is 20.1. The monoisotopic (exact) mass is 394 g/mol. The summed E-state index contributed by atoms with van der Waals surface area (Å²) >= 11 is 1.37. The average molecular weight is 395 g/mol. The van der Waals surface area contributed by atoms with Gasteiger partial charge in [-0.15, -0.1) is 0 Å². The third-order valence-electron chi connectivity index (χ3n) is 4.15. The van der Waals surface area contributed by atoms with Crippen LogP contribution in [0.3, 0.4) is 0 Å². The number of carbonyl (C=O) groups is 2. The van der Waals surface area contributed by atoms with Crippen LogP contribution in [0, 0.1) is 13.8 Å². The molecular weight excluding hydrogens is 372 g/mol. The Morgan fingerprint density at radius 1 is 1.07 bits per heavy atom. The van der Waals surface area contributed by atoms with Gasteiger partial charge in [-0.25, -0.2) is 4.98 Å². The number of nitrogens with zero attached hydrogens (tertiary/aromatic N) is 2. The molecule has 0 bridgehead atoms. The van der Waals surface area contributed by atoms with Gasteiger partial charge in [0.05, 0.1) is 11.4 Å². The third kappa shape index (κ3) is 4.80. The van der Waals surface area contributed by atoms with E-state index < -0.39 is 0 Å². The van der Waals surface area contributed by atoms with Crippen LogP contribution in [-0.4, -0.2) is 27.1 Å². The molecule has 2 aromatic carbocycles. The second-order valence-corrected chi connectivity index (χ2v) is 7.36. The van der Waals surface area contributed by atoms with Gasteiger partial charge in [-0.2, -0.15) is 0 Å². The minimum atomic E-state index is -0.148. The van der Waals surface area contributed by atoms with E-state index in [9.17, 15) is 9.59 Å². The normalized spacial score (nSPS) is 10.5. The molecule has 0 atom stereocenters. The van der Waals surface area contributed by atoms with Gasteiger partial charge < -0.3 is 10.6 Å². The Kier molecular flexibility index (Phi) is 6.16. The molecule has 2 N–H and O–H groups in total. The van der Waals surface area contributed by atoms with Gasteiger partial charge >= 0.3 is 0 Å². The van der Waals surface area contributed by atoms with Crippen LogP contribution in [0.1, 0.15) is 18.1 Å². The van der Waals surface area contributed by atoms with Gasteiger partial charge in [-0.3, -0.25) is 14.2 Å². The maximum absolute atomic E-state index is 12.4. The minimum Gasteiger partial charge on any atom is -0.326 e. The van der Waals surface area contributed by atoms with Crippen molar-refractivity contribution in [1.82, 2.24) is 9.55 Å². The van der Waals surface area contributed by atoms with Crippen LogP contribution in [0.4, 0.5) is 11.4 Å². The highest BCUT2D eigenvalue weighted by atomic mass is 32.2. The SMILES string of the molecule is CC(=O)Nc1cc(NC(=O)CSc2nccn2-c2ccccc2C)ccc1C. The zero-order valence-corrected chi connectivity index (χ0v) is 16.8. The molecule has 0 fully saturated rings. The van der Waals surface area contributed by atoms with Crippen LogP contribution in [0.2, 0.25) is 0 Å². The van der Waals surface area contributed by atoms with Crippen LogP contribution in [0.25, 0.3) is 5.69 Å². The first-order valence-electron chi connectivity index (χ1n) is 8.84. The second-order valence-electron chi connectivity index (χ2n) is 6.41. The molecule has 0 spiro atoms. The molecular formula is C21H22N4O2S. The lowest BCUT2D eigenvalue weighted by atomic mass is 10.2. The van der Waals surface area contributed by atoms with Crippen LogP contribution >= 0.6 is 11.8 Å². The number of rotatable bonds is 6. The third-order valence-corrected chi connectivity index (χ3v) is 5.11. The van der Waals surface area contributed by atoms with Gasteiger partial charge in [0.2, 0.25) is 11.8 Å². The Morgan fingerprint density at radius 3 is 2.61 bits per heavy atom. The molecule has 0 aliphatic heterocycles. The number of aryl methyl sites for hydroxylation is 2. The molecule has 0 saturated heterocycles. The van der Waals surface area contributed by atoms with E-state index in [1.165, 1.54) is 18.7 Å². The molecule has 2 amide bonds. The Morgan fingerprint density at radius 2 is 1.86 bits per heavy atom. The summed E-state index contributed by atoms with van der Waals surface area (Å²) in [5, 5.41) is 6.39. The smallest absolute Gasteiger partial charge is 0.234 e. The van der Waals surface area contributed by atoms with E-state index in [2.05, 4.69) is 15.6 Å². The van der Waals surface area contributed by atoms with Crippen molar-refractivity contribution >= 4 is 35.0 Å². The molecule has 144 valence electrons. The second kappa shape index (κ2) is 8.75. The Labute approximate surface area is 168 Å². The number of imidazole rings is 1. The predicted octanol–water partition coefficient (Wildman–Crippen LogP) is 4.18. The van der Waals surface area contributed by atoms with Crippen molar-refractivity contribution in [2.24, 2.45) is 0 Å². The maximum atomic E-state index is 12.4. The highest BCUT2D eigenvalue weighted by molar-refractivity contribution is 7.99. The fourth-order valence-electron chi connectivity index (χ4n) is 2.76. The minimum absolute atomic E-state index is 0.137. The lowest BCUT2D eigenvalue weighted by molar-refractivity contribution is -0.114. The van der Waals surface area contributed by atoms with Gasteiger partial charge in [0.15, 0.2) is 5.16 Å². The lowest BCUT2D eigenvalue weighted by Crippen LogP contribution is -2.15. The molecule has 0 saturated carbocycles. The summed E-state index contributed by atoms with van der Waals surface area (Å²) in [6.45, 7) is 5.40. The summed E-state index contributed by atoms with van der Waals surface area (Å²) in [4.78, 5) is 28.0. The van der Waals surface area contributed by atoms with Crippen molar-refractivity contribution in [3.05, 3.63) is 66.0 Å². The first kappa shape index (κ1) is 19.7. The van der Waals surface area contributed by atoms with E-state index in [0.717, 1.165) is 22.0 Å². The molecule has 7 heteroatoms. The summed E-state index contributed by atoms with van der Waals surface area (Å²) in [6, 6.07) is 13.5. The van der Waals surface area contributed by atoms with Crippen LogP contribution in [-0.2, 0) is 9.59 Å². The summed E-state index contributed by atoms with van der Waals surface area (Å²) in [6.07, 6.45) is 3.62. The van der Waals surface area contributed by atoms with Gasteiger partial charge in [-0.05, 0) is 43.2 Å². The number of amides is 2. The molecule has 28 heavy (non-hydrogen) atoms. The molecule has 3 aromatic rings. The largest absolute Gasteiger partial charge is 0.326 e. The first-order valence-corrected chi connectivity index (χ1v) is 9.83. The summed E-state index contributed by atoms with van der Waals surface area (Å²) in [5.74, 6) is -0.0566. The van der Waals surface area contributed by atoms with Crippen LogP contribution < -0.4 is 10.6 Å². The summed E-state index contributed by atoms with van der Waals surface area (Å²) < 4.78 is 1.98. The van der Waals surface area contributed by atoms with Crippen LogP contribution in [0.15, 0.2) is 60.0 Å². The molecule has 1 aromatic heterocycles. The highest BCUT2D eigenvalue weighted by Crippen LogP contribution is 2.24. The maximum Gasteiger partial charge on any atom is 0.234 e. The van der Waals surface area contributed by atoms with Crippen molar-refractivity contribution in [2.45, 2.75) is 25.9 Å². The highest BCUT2D eigenvalue weighted by Gasteiger charge is 2.11. The Hall–Kier alpha value is -3.06. The number of nitrogens with one attached hydrogen (secondary N) is 2. The fourth-order valence-corrected chi connectivity index (χ4v) is 3.53. The Bertz CT molecular complexity index is 1010. The number of carbonyl (C=O) groups excluding carboxylic acids is 2. The number of hydrogen-bond donors (Lipinski definition) is 2. The standard InChI is InChI=1S/C21H22N4O2S/c1-14-8-9-17(12-18(14)23-16(3)26)24-20(27)13-28-21-22-10-11-25(21)19-7-5-4-6-15(19)2/h4-12H,13H2,1-3H3,(H,23,26)(H,24,27). The molecule has 0 radical (unpaired) electrons. The van der Waals surface area contributed by atoms with E-state index in [1.807, 2.05) is 61.0 Å². The average Bonchev–Trinajstić information content (AvgIpc) is 3.11. The number of benzene rings is 2. The summed E-state index contributed by atoms with van der Waals surface area (Å²) in [7, 11) is 0. The van der Waals surface area contributed by atoms with Crippen molar-refractivity contribution < 1.29 is 9.59 Å². The van der Waals surface area contributed by atoms with E-state index in [0.29, 0.717) is 11.4 Å². The Balaban J connectivity index is 1.65. The van der Waals surface area contributed by atoms with E-state index in [4.69, 9.17) is 0 Å². The van der Waals surface area contributed by atoms with Crippen LogP contribution in [0.5, 0.6) is 0 Å². The van der Waals surface area contributed by atoms with E-state index in [-0.39, 0.29) is 17.6 Å². The van der Waals surface area contributed by atoms with Crippen molar-refractivity contribution in [3.8, 4) is 5.69 Å². The molecule has 0 unspecified atom stereocenters. The van der Waals surface area contributed by atoms with Gasteiger partial charge in [0, 0.05) is 30.7 Å². The number of aromatic nitrogens is 2. The molecule has 3 rings (SSSR count). The van der Waals surface area contributed by atoms with Crippen molar-refractivity contribution in [2.75, 3.05) is 16.4 Å². The number of hydrogen-bond acceptors (Lipinski definition) is 4. The van der Waals surface area contributed by atoms with Crippen molar-refractivity contribution in [3.63, 3.8) is 0 Å². The van der Waals surface area contributed by atoms with Gasteiger partial charge in [0.25, 0.3) is 0 Å².